The Morgan fingerprint density at radius 1 is 1.40 bits per heavy atom. The average molecular weight is 295 g/mol. The largest absolute Gasteiger partial charge is 0.332 e. The number of nitrogens with zero attached hydrogens (tertiary/aromatic N) is 1. The second kappa shape index (κ2) is 7.54. The Morgan fingerprint density at radius 2 is 2.00 bits per heavy atom. The molecule has 1 aromatic carbocycles. The molecule has 0 spiro atoms. The molecule has 0 saturated carbocycles. The monoisotopic (exact) mass is 295 g/mol. The van der Waals surface area contributed by atoms with Gasteiger partial charge in [0.25, 0.3) is 5.69 Å². The number of benzene rings is 1. The highest BCUT2D eigenvalue weighted by Crippen LogP contribution is 2.15. The number of carbonyl (C=O) groups excluding carboxylic acids is 1. The molecule has 0 aromatic heterocycles. The fourth-order valence-electron chi connectivity index (χ4n) is 1.47. The van der Waals surface area contributed by atoms with Crippen molar-refractivity contribution in [1.29, 1.82) is 0 Å². The van der Waals surface area contributed by atoms with Crippen LogP contribution in [0.2, 0.25) is 0 Å². The van der Waals surface area contributed by atoms with Crippen LogP contribution in [0.4, 0.5) is 11.4 Å². The summed E-state index contributed by atoms with van der Waals surface area (Å²) in [6, 6.07) is 5.80. The summed E-state index contributed by atoms with van der Waals surface area (Å²) in [7, 11) is 0. The van der Waals surface area contributed by atoms with Crippen LogP contribution in [0.25, 0.3) is 0 Å². The average Bonchev–Trinajstić information content (AvgIpc) is 2.38. The number of hydrogen-bond acceptors (Lipinski definition) is 4. The van der Waals surface area contributed by atoms with Crippen molar-refractivity contribution in [2.24, 2.45) is 5.92 Å². The van der Waals surface area contributed by atoms with E-state index in [4.69, 9.17) is 12.2 Å². The Balaban J connectivity index is 2.50. The van der Waals surface area contributed by atoms with Crippen LogP contribution in [0, 0.1) is 16.0 Å². The zero-order valence-corrected chi connectivity index (χ0v) is 12.2. The summed E-state index contributed by atoms with van der Waals surface area (Å²) in [4.78, 5) is 21.7. The van der Waals surface area contributed by atoms with E-state index in [0.29, 0.717) is 18.0 Å². The van der Waals surface area contributed by atoms with E-state index in [9.17, 15) is 14.9 Å². The smallest absolute Gasteiger partial charge is 0.269 e. The summed E-state index contributed by atoms with van der Waals surface area (Å²) in [6.45, 7) is 4.01. The molecule has 0 aliphatic rings. The minimum atomic E-state index is -0.476. The fourth-order valence-corrected chi connectivity index (χ4v) is 1.70. The van der Waals surface area contributed by atoms with E-state index in [-0.39, 0.29) is 16.7 Å². The third-order valence-corrected chi connectivity index (χ3v) is 3.02. The maximum absolute atomic E-state index is 11.6. The standard InChI is InChI=1S/C13H17N3O3S/c1-3-9(2)8-12(17)15-13(20)14-10-4-6-11(7-5-10)16(18)19/h4-7,9H,3,8H2,1-2H3,(H2,14,15,17,20). The lowest BCUT2D eigenvalue weighted by Crippen LogP contribution is -2.34. The Morgan fingerprint density at radius 3 is 2.50 bits per heavy atom. The number of thiocarbonyl (C=S) groups is 1. The zero-order valence-electron chi connectivity index (χ0n) is 11.4. The molecule has 108 valence electrons. The van der Waals surface area contributed by atoms with Crippen LogP contribution in [0.1, 0.15) is 26.7 Å². The van der Waals surface area contributed by atoms with Gasteiger partial charge in [-0.1, -0.05) is 20.3 Å². The first-order valence-electron chi connectivity index (χ1n) is 6.27. The van der Waals surface area contributed by atoms with E-state index in [1.807, 2.05) is 13.8 Å². The van der Waals surface area contributed by atoms with Gasteiger partial charge in [0.1, 0.15) is 0 Å². The normalized spacial score (nSPS) is 11.5. The minimum absolute atomic E-state index is 0.00211. The topological polar surface area (TPSA) is 84.3 Å². The molecule has 1 amide bonds. The number of nitro benzene ring substituents is 1. The van der Waals surface area contributed by atoms with Gasteiger partial charge in [0.15, 0.2) is 5.11 Å². The van der Waals surface area contributed by atoms with Crippen molar-refractivity contribution in [3.63, 3.8) is 0 Å². The number of non-ortho nitro benzene ring substituents is 1. The Hall–Kier alpha value is -2.02. The van der Waals surface area contributed by atoms with Gasteiger partial charge in [-0.2, -0.15) is 0 Å². The Kier molecular flexibility index (Phi) is 6.05. The van der Waals surface area contributed by atoms with Gasteiger partial charge in [0, 0.05) is 24.2 Å². The van der Waals surface area contributed by atoms with Gasteiger partial charge >= 0.3 is 0 Å². The first kappa shape index (κ1) is 16.0. The molecular weight excluding hydrogens is 278 g/mol. The van der Waals surface area contributed by atoms with Crippen LogP contribution in [0.15, 0.2) is 24.3 Å². The number of anilines is 1. The second-order valence-electron chi connectivity index (χ2n) is 4.52. The highest BCUT2D eigenvalue weighted by molar-refractivity contribution is 7.80. The zero-order chi connectivity index (χ0) is 15.1. The van der Waals surface area contributed by atoms with Crippen LogP contribution in [-0.4, -0.2) is 15.9 Å². The molecule has 0 saturated heterocycles. The first-order valence-corrected chi connectivity index (χ1v) is 6.68. The van der Waals surface area contributed by atoms with Crippen LogP contribution in [0.5, 0.6) is 0 Å². The molecule has 1 rings (SSSR count). The van der Waals surface area contributed by atoms with Gasteiger partial charge < -0.3 is 10.6 Å². The van der Waals surface area contributed by atoms with Crippen molar-refractivity contribution in [2.45, 2.75) is 26.7 Å². The van der Waals surface area contributed by atoms with E-state index in [1.54, 1.807) is 0 Å². The van der Waals surface area contributed by atoms with Gasteiger partial charge in [-0.3, -0.25) is 14.9 Å². The number of hydrogen-bond donors (Lipinski definition) is 2. The molecule has 1 unspecified atom stereocenters. The van der Waals surface area contributed by atoms with Gasteiger partial charge in [0.05, 0.1) is 4.92 Å². The van der Waals surface area contributed by atoms with Crippen molar-refractivity contribution in [3.05, 3.63) is 34.4 Å². The van der Waals surface area contributed by atoms with Gasteiger partial charge in [0.2, 0.25) is 5.91 Å². The maximum atomic E-state index is 11.6. The molecule has 6 nitrogen and oxygen atoms in total. The molecule has 2 N–H and O–H groups in total. The van der Waals surface area contributed by atoms with Crippen molar-refractivity contribution >= 4 is 34.6 Å². The van der Waals surface area contributed by atoms with Crippen LogP contribution in [0.3, 0.4) is 0 Å². The van der Waals surface area contributed by atoms with Crippen molar-refractivity contribution < 1.29 is 9.72 Å². The molecule has 1 atom stereocenters. The minimum Gasteiger partial charge on any atom is -0.332 e. The fraction of sp³-hybridized carbons (Fsp3) is 0.385. The van der Waals surface area contributed by atoms with Crippen molar-refractivity contribution in [3.8, 4) is 0 Å². The molecule has 0 aliphatic carbocycles. The Bertz CT molecular complexity index is 502. The molecule has 0 aliphatic heterocycles. The van der Waals surface area contributed by atoms with E-state index in [1.165, 1.54) is 24.3 Å². The Labute approximate surface area is 122 Å². The molecular formula is C13H17N3O3S. The maximum Gasteiger partial charge on any atom is 0.269 e. The molecule has 7 heteroatoms. The summed E-state index contributed by atoms with van der Waals surface area (Å²) >= 11 is 5.01. The van der Waals surface area contributed by atoms with Crippen molar-refractivity contribution in [1.82, 2.24) is 5.32 Å². The molecule has 1 aromatic rings. The molecule has 0 radical (unpaired) electrons. The predicted molar refractivity (Wildman–Crippen MR) is 81.5 cm³/mol. The lowest BCUT2D eigenvalue weighted by Gasteiger charge is -2.11. The summed E-state index contributed by atoms with van der Waals surface area (Å²) in [5, 5.41) is 16.1. The summed E-state index contributed by atoms with van der Waals surface area (Å²) in [6.07, 6.45) is 1.34. The van der Waals surface area contributed by atoms with Crippen LogP contribution < -0.4 is 10.6 Å². The third kappa shape index (κ3) is 5.31. The number of rotatable bonds is 5. The number of carbonyl (C=O) groups is 1. The number of nitro groups is 1. The van der Waals surface area contributed by atoms with E-state index in [2.05, 4.69) is 10.6 Å². The predicted octanol–water partition coefficient (Wildman–Crippen LogP) is 2.84. The van der Waals surface area contributed by atoms with E-state index < -0.39 is 4.92 Å². The lowest BCUT2D eigenvalue weighted by molar-refractivity contribution is -0.384. The third-order valence-electron chi connectivity index (χ3n) is 2.82. The molecule has 0 heterocycles. The van der Waals surface area contributed by atoms with Gasteiger partial charge in [-0.15, -0.1) is 0 Å². The lowest BCUT2D eigenvalue weighted by atomic mass is 10.1. The van der Waals surface area contributed by atoms with Gasteiger partial charge in [-0.05, 0) is 30.3 Å². The second-order valence-corrected chi connectivity index (χ2v) is 4.93. The SMILES string of the molecule is CCC(C)CC(=O)NC(=S)Nc1ccc([N+](=O)[O-])cc1. The highest BCUT2D eigenvalue weighted by atomic mass is 32.1. The molecule has 20 heavy (non-hydrogen) atoms. The quantitative estimate of drug-likeness (QED) is 0.496. The molecule has 0 fully saturated rings. The first-order chi connectivity index (χ1) is 9.42. The summed E-state index contributed by atoms with van der Waals surface area (Å²) in [5.41, 5.74) is 0.590. The summed E-state index contributed by atoms with van der Waals surface area (Å²) < 4.78 is 0. The number of amides is 1. The van der Waals surface area contributed by atoms with E-state index in [0.717, 1.165) is 6.42 Å². The summed E-state index contributed by atoms with van der Waals surface area (Å²) in [5.74, 6) is 0.163. The van der Waals surface area contributed by atoms with Crippen LogP contribution in [-0.2, 0) is 4.79 Å². The van der Waals surface area contributed by atoms with Gasteiger partial charge in [-0.25, -0.2) is 0 Å². The van der Waals surface area contributed by atoms with Crippen LogP contribution >= 0.6 is 12.2 Å². The number of nitrogens with one attached hydrogen (secondary N) is 2. The highest BCUT2D eigenvalue weighted by Gasteiger charge is 2.09. The van der Waals surface area contributed by atoms with E-state index >= 15 is 0 Å². The molecule has 0 bridgehead atoms. The van der Waals surface area contributed by atoms with Crippen molar-refractivity contribution in [2.75, 3.05) is 5.32 Å².